The summed E-state index contributed by atoms with van der Waals surface area (Å²) in [7, 11) is 0. The Morgan fingerprint density at radius 3 is 2.86 bits per heavy atom. The van der Waals surface area contributed by atoms with Crippen molar-refractivity contribution in [3.05, 3.63) is 77.6 Å². The van der Waals surface area contributed by atoms with Crippen molar-refractivity contribution in [1.29, 1.82) is 0 Å². The fourth-order valence-corrected chi connectivity index (χ4v) is 3.45. The molecular formula is C21H14FN5O2. The van der Waals surface area contributed by atoms with Crippen LogP contribution in [0.2, 0.25) is 0 Å². The number of rotatable bonds is 3. The molecule has 0 aliphatic carbocycles. The van der Waals surface area contributed by atoms with Gasteiger partial charge < -0.3 is 15.6 Å². The molecule has 2 amide bonds. The van der Waals surface area contributed by atoms with E-state index < -0.39 is 11.7 Å². The van der Waals surface area contributed by atoms with Crippen molar-refractivity contribution in [2.24, 2.45) is 0 Å². The molecule has 142 valence electrons. The average Bonchev–Trinajstić information content (AvgIpc) is 3.31. The van der Waals surface area contributed by atoms with Gasteiger partial charge in [0.05, 0.1) is 23.6 Å². The lowest BCUT2D eigenvalue weighted by Crippen LogP contribution is -2.12. The molecule has 1 aliphatic rings. The van der Waals surface area contributed by atoms with Crippen molar-refractivity contribution in [1.82, 2.24) is 20.3 Å². The number of fused-ring (bicyclic) bond motifs is 2. The van der Waals surface area contributed by atoms with Crippen LogP contribution in [0, 0.1) is 5.82 Å². The standard InChI is InChI=1S/C21H14FN5O2/c22-14-5-15(9-23-8-14)27-20(28)13-4-17-18(10-25-19(17)24-7-13)11-1-2-16-12(3-11)6-26-21(16)29/h1-5,7-10H,6H2,(H,24,25)(H,26,29)(H,27,28). The second-order valence-corrected chi connectivity index (χ2v) is 6.72. The van der Waals surface area contributed by atoms with E-state index in [-0.39, 0.29) is 11.6 Å². The first kappa shape index (κ1) is 17.1. The van der Waals surface area contributed by atoms with Gasteiger partial charge in [-0.15, -0.1) is 0 Å². The molecule has 4 aromatic rings. The number of hydrogen-bond donors (Lipinski definition) is 3. The van der Waals surface area contributed by atoms with Crippen molar-refractivity contribution >= 4 is 28.5 Å². The number of anilines is 1. The van der Waals surface area contributed by atoms with E-state index in [4.69, 9.17) is 0 Å². The van der Waals surface area contributed by atoms with E-state index >= 15 is 0 Å². The Bertz CT molecular complexity index is 1300. The highest BCUT2D eigenvalue weighted by atomic mass is 19.1. The van der Waals surface area contributed by atoms with Crippen molar-refractivity contribution in [2.75, 3.05) is 5.32 Å². The number of carbonyl (C=O) groups is 2. The fourth-order valence-electron chi connectivity index (χ4n) is 3.45. The fraction of sp³-hybridized carbons (Fsp3) is 0.0476. The van der Waals surface area contributed by atoms with Crippen LogP contribution in [-0.2, 0) is 6.54 Å². The van der Waals surface area contributed by atoms with Crippen molar-refractivity contribution in [3.8, 4) is 11.1 Å². The van der Waals surface area contributed by atoms with Crippen LogP contribution in [0.1, 0.15) is 26.3 Å². The maximum atomic E-state index is 13.3. The molecule has 3 aromatic heterocycles. The van der Waals surface area contributed by atoms with Crippen LogP contribution in [0.4, 0.5) is 10.1 Å². The lowest BCUT2D eigenvalue weighted by atomic mass is 10.00. The molecule has 3 N–H and O–H groups in total. The molecule has 1 aliphatic heterocycles. The summed E-state index contributed by atoms with van der Waals surface area (Å²) in [6, 6.07) is 8.55. The second kappa shape index (κ2) is 6.52. The van der Waals surface area contributed by atoms with Gasteiger partial charge in [0.15, 0.2) is 0 Å². The van der Waals surface area contributed by atoms with E-state index in [1.54, 1.807) is 12.1 Å². The number of hydrogen-bond acceptors (Lipinski definition) is 4. The van der Waals surface area contributed by atoms with E-state index in [0.29, 0.717) is 23.3 Å². The molecule has 0 atom stereocenters. The Morgan fingerprint density at radius 2 is 2.00 bits per heavy atom. The predicted molar refractivity (Wildman–Crippen MR) is 105 cm³/mol. The minimum absolute atomic E-state index is 0.0714. The summed E-state index contributed by atoms with van der Waals surface area (Å²) >= 11 is 0. The maximum Gasteiger partial charge on any atom is 0.257 e. The number of amides is 2. The third-order valence-electron chi connectivity index (χ3n) is 4.86. The van der Waals surface area contributed by atoms with Crippen LogP contribution in [0.15, 0.2) is 55.1 Å². The molecular weight excluding hydrogens is 373 g/mol. The van der Waals surface area contributed by atoms with E-state index in [1.807, 2.05) is 18.3 Å². The number of halogens is 1. The van der Waals surface area contributed by atoms with Gasteiger partial charge in [0.1, 0.15) is 11.5 Å². The molecule has 8 heteroatoms. The summed E-state index contributed by atoms with van der Waals surface area (Å²) in [5.41, 5.74) is 4.63. The zero-order valence-corrected chi connectivity index (χ0v) is 15.0. The van der Waals surface area contributed by atoms with Crippen LogP contribution in [0.25, 0.3) is 22.2 Å². The highest BCUT2D eigenvalue weighted by molar-refractivity contribution is 6.07. The largest absolute Gasteiger partial charge is 0.348 e. The van der Waals surface area contributed by atoms with Crippen LogP contribution in [0.5, 0.6) is 0 Å². The van der Waals surface area contributed by atoms with Gasteiger partial charge in [-0.25, -0.2) is 9.37 Å². The molecule has 7 nitrogen and oxygen atoms in total. The highest BCUT2D eigenvalue weighted by Gasteiger charge is 2.20. The van der Waals surface area contributed by atoms with E-state index in [0.717, 1.165) is 28.3 Å². The first-order chi connectivity index (χ1) is 14.1. The molecule has 5 rings (SSSR count). The van der Waals surface area contributed by atoms with Crippen LogP contribution in [0.3, 0.4) is 0 Å². The molecule has 1 aromatic carbocycles. The molecule has 0 spiro atoms. The van der Waals surface area contributed by atoms with Gasteiger partial charge in [0, 0.05) is 41.5 Å². The molecule has 0 unspecified atom stereocenters. The quantitative estimate of drug-likeness (QED) is 0.502. The van der Waals surface area contributed by atoms with Gasteiger partial charge in [-0.3, -0.25) is 14.6 Å². The zero-order chi connectivity index (χ0) is 20.0. The molecule has 29 heavy (non-hydrogen) atoms. The number of nitrogens with one attached hydrogen (secondary N) is 3. The van der Waals surface area contributed by atoms with Gasteiger partial charge in [0.25, 0.3) is 11.8 Å². The highest BCUT2D eigenvalue weighted by Crippen LogP contribution is 2.31. The molecule has 0 saturated carbocycles. The molecule has 0 saturated heterocycles. The Kier molecular flexibility index (Phi) is 3.83. The number of H-pyrrole nitrogens is 1. The van der Waals surface area contributed by atoms with Crippen molar-refractivity contribution in [2.45, 2.75) is 6.54 Å². The van der Waals surface area contributed by atoms with Crippen molar-refractivity contribution < 1.29 is 14.0 Å². The first-order valence-corrected chi connectivity index (χ1v) is 8.89. The van der Waals surface area contributed by atoms with Gasteiger partial charge in [-0.2, -0.15) is 0 Å². The molecule has 4 heterocycles. The SMILES string of the molecule is O=C(Nc1cncc(F)c1)c1cnc2[nH]cc(-c3ccc4c(c3)CNC4=O)c2c1. The van der Waals surface area contributed by atoms with Gasteiger partial charge in [-0.1, -0.05) is 6.07 Å². The topological polar surface area (TPSA) is 99.8 Å². The monoisotopic (exact) mass is 387 g/mol. The third-order valence-corrected chi connectivity index (χ3v) is 4.86. The second-order valence-electron chi connectivity index (χ2n) is 6.72. The molecule has 0 fully saturated rings. The summed E-state index contributed by atoms with van der Waals surface area (Å²) in [5, 5.41) is 6.19. The van der Waals surface area contributed by atoms with Crippen LogP contribution < -0.4 is 10.6 Å². The zero-order valence-electron chi connectivity index (χ0n) is 15.0. The molecule has 0 bridgehead atoms. The number of nitrogens with zero attached hydrogens (tertiary/aromatic N) is 2. The minimum Gasteiger partial charge on any atom is -0.348 e. The summed E-state index contributed by atoms with van der Waals surface area (Å²) in [5.74, 6) is -1.02. The Labute approximate surface area is 164 Å². The summed E-state index contributed by atoms with van der Waals surface area (Å²) in [6.07, 6.45) is 5.71. The van der Waals surface area contributed by atoms with Crippen LogP contribution in [-0.4, -0.2) is 26.8 Å². The van der Waals surface area contributed by atoms with E-state index in [1.165, 1.54) is 18.5 Å². The number of carbonyl (C=O) groups excluding carboxylic acids is 2. The van der Waals surface area contributed by atoms with E-state index in [2.05, 4.69) is 25.6 Å². The lowest BCUT2D eigenvalue weighted by Gasteiger charge is -2.06. The number of aromatic amines is 1. The molecule has 0 radical (unpaired) electrons. The Hall–Kier alpha value is -4.07. The number of benzene rings is 1. The lowest BCUT2D eigenvalue weighted by molar-refractivity contribution is 0.0964. The predicted octanol–water partition coefficient (Wildman–Crippen LogP) is 3.26. The average molecular weight is 387 g/mol. The van der Waals surface area contributed by atoms with Gasteiger partial charge in [-0.05, 0) is 29.3 Å². The number of aromatic nitrogens is 3. The summed E-state index contributed by atoms with van der Waals surface area (Å²) < 4.78 is 13.3. The van der Waals surface area contributed by atoms with Gasteiger partial charge >= 0.3 is 0 Å². The summed E-state index contributed by atoms with van der Waals surface area (Å²) in [6.45, 7) is 0.498. The first-order valence-electron chi connectivity index (χ1n) is 8.89. The smallest absolute Gasteiger partial charge is 0.257 e. The van der Waals surface area contributed by atoms with Gasteiger partial charge in [0.2, 0.25) is 0 Å². The third kappa shape index (κ3) is 3.00. The van der Waals surface area contributed by atoms with Crippen LogP contribution >= 0.6 is 0 Å². The normalized spacial score (nSPS) is 12.7. The Morgan fingerprint density at radius 1 is 1.10 bits per heavy atom. The summed E-state index contributed by atoms with van der Waals surface area (Å²) in [4.78, 5) is 35.5. The minimum atomic E-state index is -0.533. The maximum absolute atomic E-state index is 13.3. The van der Waals surface area contributed by atoms with E-state index in [9.17, 15) is 14.0 Å². The number of pyridine rings is 2. The van der Waals surface area contributed by atoms with Crippen molar-refractivity contribution in [3.63, 3.8) is 0 Å². The Balaban J connectivity index is 1.51.